The van der Waals surface area contributed by atoms with Gasteiger partial charge in [-0.2, -0.15) is 0 Å². The van der Waals surface area contributed by atoms with E-state index in [4.69, 9.17) is 4.74 Å². The molecule has 0 bridgehead atoms. The molecule has 0 atom stereocenters. The Labute approximate surface area is 119 Å². The van der Waals surface area contributed by atoms with Gasteiger partial charge in [-0.25, -0.2) is 0 Å². The van der Waals surface area contributed by atoms with Crippen LogP contribution in [0.3, 0.4) is 0 Å². The first-order valence-electron chi connectivity index (χ1n) is 6.59. The lowest BCUT2D eigenvalue weighted by atomic mass is 10.1. The van der Waals surface area contributed by atoms with Crippen LogP contribution in [0.15, 0.2) is 54.6 Å². The van der Waals surface area contributed by atoms with E-state index < -0.39 is 0 Å². The number of ether oxygens (including phenoxy) is 1. The van der Waals surface area contributed by atoms with Gasteiger partial charge in [-0.3, -0.25) is 9.69 Å². The average Bonchev–Trinajstić information content (AvgIpc) is 2.48. The number of rotatable bonds is 6. The number of hydrogen-bond acceptors (Lipinski definition) is 3. The molecule has 20 heavy (non-hydrogen) atoms. The zero-order chi connectivity index (χ0) is 14.4. The van der Waals surface area contributed by atoms with Gasteiger partial charge < -0.3 is 4.74 Å². The standard InChI is InChI=1S/C17H19NO2/c1-18(12-14-6-4-3-5-7-14)13-17(19)15-8-10-16(20-2)11-9-15/h3-11H,12-13H2,1-2H3. The van der Waals surface area contributed by atoms with Gasteiger partial charge in [0.15, 0.2) is 5.78 Å². The van der Waals surface area contributed by atoms with Crippen molar-refractivity contribution in [3.63, 3.8) is 0 Å². The Kier molecular flexibility index (Phi) is 4.91. The van der Waals surface area contributed by atoms with Crippen LogP contribution in [-0.4, -0.2) is 31.4 Å². The van der Waals surface area contributed by atoms with Gasteiger partial charge in [-0.05, 0) is 36.9 Å². The fourth-order valence-electron chi connectivity index (χ4n) is 2.06. The molecule has 0 spiro atoms. The van der Waals surface area contributed by atoms with Crippen LogP contribution in [0.2, 0.25) is 0 Å². The number of Topliss-reactive ketones (excluding diaryl/α,β-unsaturated/α-hetero) is 1. The average molecular weight is 269 g/mol. The van der Waals surface area contributed by atoms with Crippen LogP contribution < -0.4 is 4.74 Å². The van der Waals surface area contributed by atoms with Gasteiger partial charge in [-0.1, -0.05) is 30.3 Å². The van der Waals surface area contributed by atoms with Gasteiger partial charge in [0.05, 0.1) is 13.7 Å². The lowest BCUT2D eigenvalue weighted by molar-refractivity contribution is 0.0943. The fourth-order valence-corrected chi connectivity index (χ4v) is 2.06. The van der Waals surface area contributed by atoms with Crippen molar-refractivity contribution in [1.82, 2.24) is 4.90 Å². The van der Waals surface area contributed by atoms with Gasteiger partial charge in [-0.15, -0.1) is 0 Å². The largest absolute Gasteiger partial charge is 0.497 e. The molecule has 0 saturated carbocycles. The molecule has 0 saturated heterocycles. The molecule has 3 nitrogen and oxygen atoms in total. The third-order valence-electron chi connectivity index (χ3n) is 3.12. The molecule has 2 rings (SSSR count). The molecule has 2 aromatic carbocycles. The van der Waals surface area contributed by atoms with E-state index >= 15 is 0 Å². The number of carbonyl (C=O) groups is 1. The Morgan fingerprint density at radius 2 is 1.70 bits per heavy atom. The second-order valence-corrected chi connectivity index (χ2v) is 4.81. The monoisotopic (exact) mass is 269 g/mol. The molecular weight excluding hydrogens is 250 g/mol. The van der Waals surface area contributed by atoms with E-state index in [1.54, 1.807) is 19.2 Å². The fraction of sp³-hybridized carbons (Fsp3) is 0.235. The Morgan fingerprint density at radius 1 is 1.05 bits per heavy atom. The number of ketones is 1. The van der Waals surface area contributed by atoms with Crippen LogP contribution in [0.5, 0.6) is 5.75 Å². The molecule has 0 unspecified atom stereocenters. The number of carbonyl (C=O) groups excluding carboxylic acids is 1. The second kappa shape index (κ2) is 6.87. The number of likely N-dealkylation sites (N-methyl/N-ethyl adjacent to an activating group) is 1. The van der Waals surface area contributed by atoms with Crippen LogP contribution >= 0.6 is 0 Å². The molecule has 0 heterocycles. The van der Waals surface area contributed by atoms with E-state index in [0.29, 0.717) is 12.1 Å². The summed E-state index contributed by atoms with van der Waals surface area (Å²) in [4.78, 5) is 14.2. The van der Waals surface area contributed by atoms with Crippen molar-refractivity contribution in [1.29, 1.82) is 0 Å². The normalized spacial score (nSPS) is 10.6. The maximum atomic E-state index is 12.2. The Hall–Kier alpha value is -2.13. The summed E-state index contributed by atoms with van der Waals surface area (Å²) in [5, 5.41) is 0. The number of nitrogens with zero attached hydrogens (tertiary/aromatic N) is 1. The minimum atomic E-state index is 0.117. The van der Waals surface area contributed by atoms with E-state index in [9.17, 15) is 4.79 Å². The van der Waals surface area contributed by atoms with Crippen LogP contribution in [0.4, 0.5) is 0 Å². The highest BCUT2D eigenvalue weighted by molar-refractivity contribution is 5.97. The SMILES string of the molecule is COc1ccc(C(=O)CN(C)Cc2ccccc2)cc1. The molecule has 0 fully saturated rings. The van der Waals surface area contributed by atoms with Gasteiger partial charge in [0.2, 0.25) is 0 Å². The summed E-state index contributed by atoms with van der Waals surface area (Å²) in [6.45, 7) is 1.17. The van der Waals surface area contributed by atoms with E-state index in [2.05, 4.69) is 12.1 Å². The minimum absolute atomic E-state index is 0.117. The van der Waals surface area contributed by atoms with Gasteiger partial charge in [0.1, 0.15) is 5.75 Å². The molecule has 0 N–H and O–H groups in total. The Balaban J connectivity index is 1.93. The summed E-state index contributed by atoms with van der Waals surface area (Å²) >= 11 is 0. The Bertz CT molecular complexity index is 549. The van der Waals surface area contributed by atoms with Crippen molar-refractivity contribution in [3.05, 3.63) is 65.7 Å². The maximum Gasteiger partial charge on any atom is 0.176 e. The molecule has 3 heteroatoms. The molecule has 0 aromatic heterocycles. The summed E-state index contributed by atoms with van der Waals surface area (Å²) in [5.41, 5.74) is 1.92. The van der Waals surface area contributed by atoms with Crippen molar-refractivity contribution in [2.45, 2.75) is 6.54 Å². The van der Waals surface area contributed by atoms with Crippen molar-refractivity contribution in [2.75, 3.05) is 20.7 Å². The summed E-state index contributed by atoms with van der Waals surface area (Å²) < 4.78 is 5.09. The molecule has 2 aromatic rings. The topological polar surface area (TPSA) is 29.5 Å². The van der Waals surface area contributed by atoms with E-state index in [1.165, 1.54) is 5.56 Å². The van der Waals surface area contributed by atoms with E-state index in [1.807, 2.05) is 42.3 Å². The minimum Gasteiger partial charge on any atom is -0.497 e. The summed E-state index contributed by atoms with van der Waals surface area (Å²) in [5.74, 6) is 0.880. The molecule has 0 aliphatic rings. The number of benzene rings is 2. The van der Waals surface area contributed by atoms with Gasteiger partial charge in [0.25, 0.3) is 0 Å². The van der Waals surface area contributed by atoms with Crippen molar-refractivity contribution in [2.24, 2.45) is 0 Å². The van der Waals surface area contributed by atoms with Crippen LogP contribution in [0, 0.1) is 0 Å². The summed E-state index contributed by atoms with van der Waals surface area (Å²) in [6.07, 6.45) is 0. The first kappa shape index (κ1) is 14.3. The van der Waals surface area contributed by atoms with Gasteiger partial charge in [0, 0.05) is 12.1 Å². The third kappa shape index (κ3) is 3.93. The maximum absolute atomic E-state index is 12.2. The quantitative estimate of drug-likeness (QED) is 0.755. The lowest BCUT2D eigenvalue weighted by Gasteiger charge is -2.15. The second-order valence-electron chi connectivity index (χ2n) is 4.81. The van der Waals surface area contributed by atoms with E-state index in [-0.39, 0.29) is 5.78 Å². The first-order valence-corrected chi connectivity index (χ1v) is 6.59. The highest BCUT2D eigenvalue weighted by Crippen LogP contribution is 2.12. The van der Waals surface area contributed by atoms with Crippen molar-refractivity contribution < 1.29 is 9.53 Å². The molecule has 104 valence electrons. The van der Waals surface area contributed by atoms with Crippen molar-refractivity contribution in [3.8, 4) is 5.75 Å². The number of hydrogen-bond donors (Lipinski definition) is 0. The van der Waals surface area contributed by atoms with Crippen LogP contribution in [0.25, 0.3) is 0 Å². The molecule has 0 aliphatic heterocycles. The molecule has 0 amide bonds. The predicted octanol–water partition coefficient (Wildman–Crippen LogP) is 3.01. The van der Waals surface area contributed by atoms with Crippen LogP contribution in [0.1, 0.15) is 15.9 Å². The summed E-state index contributed by atoms with van der Waals surface area (Å²) in [7, 11) is 3.57. The highest BCUT2D eigenvalue weighted by Gasteiger charge is 2.09. The van der Waals surface area contributed by atoms with Gasteiger partial charge >= 0.3 is 0 Å². The Morgan fingerprint density at radius 3 is 2.30 bits per heavy atom. The molecule has 0 aliphatic carbocycles. The number of methoxy groups -OCH3 is 1. The highest BCUT2D eigenvalue weighted by atomic mass is 16.5. The zero-order valence-electron chi connectivity index (χ0n) is 11.9. The molecule has 0 radical (unpaired) electrons. The third-order valence-corrected chi connectivity index (χ3v) is 3.12. The molecular formula is C17H19NO2. The summed E-state index contributed by atoms with van der Waals surface area (Å²) in [6, 6.07) is 17.4. The zero-order valence-corrected chi connectivity index (χ0v) is 11.9. The predicted molar refractivity (Wildman–Crippen MR) is 80.1 cm³/mol. The van der Waals surface area contributed by atoms with Crippen LogP contribution in [-0.2, 0) is 6.54 Å². The lowest BCUT2D eigenvalue weighted by Crippen LogP contribution is -2.25. The first-order chi connectivity index (χ1) is 9.69. The van der Waals surface area contributed by atoms with Crippen molar-refractivity contribution >= 4 is 5.78 Å². The smallest absolute Gasteiger partial charge is 0.176 e. The van der Waals surface area contributed by atoms with E-state index in [0.717, 1.165) is 12.3 Å².